The van der Waals surface area contributed by atoms with Gasteiger partial charge in [-0.15, -0.1) is 0 Å². The molecule has 4 aromatic rings. The van der Waals surface area contributed by atoms with E-state index < -0.39 is 12.1 Å². The molecule has 5 N–H and O–H groups in total. The summed E-state index contributed by atoms with van der Waals surface area (Å²) in [6.45, 7) is 4.31. The molecule has 1 atom stereocenters. The zero-order valence-electron chi connectivity index (χ0n) is 29.0. The molecule has 0 bridgehead atoms. The Labute approximate surface area is 294 Å². The largest absolute Gasteiger partial charge is 0.492 e. The Kier molecular flexibility index (Phi) is 14.4. The van der Waals surface area contributed by atoms with Gasteiger partial charge >= 0.3 is 6.03 Å². The first-order chi connectivity index (χ1) is 24.3. The minimum Gasteiger partial charge on any atom is -0.492 e. The number of urea groups is 1. The summed E-state index contributed by atoms with van der Waals surface area (Å²) in [6.07, 6.45) is 2.17. The van der Waals surface area contributed by atoms with Gasteiger partial charge in [-0.1, -0.05) is 73.7 Å². The van der Waals surface area contributed by atoms with Crippen LogP contribution in [0.1, 0.15) is 48.4 Å². The molecule has 0 fully saturated rings. The molecule has 4 amide bonds. The molecule has 0 aliphatic rings. The van der Waals surface area contributed by atoms with Gasteiger partial charge in [-0.25, -0.2) is 4.79 Å². The highest BCUT2D eigenvalue weighted by Gasteiger charge is 2.18. The fraction of sp³-hybridized carbons (Fsp3) is 0.275. The minimum absolute atomic E-state index is 0.309. The fourth-order valence-electron chi connectivity index (χ4n) is 5.43. The number of carbonyl (C=O) groups is 3. The maximum Gasteiger partial charge on any atom is 0.312 e. The van der Waals surface area contributed by atoms with E-state index in [1.165, 1.54) is 11.1 Å². The number of hydrogen-bond acceptors (Lipinski definition) is 6. The van der Waals surface area contributed by atoms with Crippen LogP contribution in [0.25, 0.3) is 11.1 Å². The van der Waals surface area contributed by atoms with Gasteiger partial charge in [-0.2, -0.15) is 0 Å². The highest BCUT2D eigenvalue weighted by Crippen LogP contribution is 2.35. The number of rotatable bonds is 19. The average molecular weight is 678 g/mol. The van der Waals surface area contributed by atoms with Crippen LogP contribution in [-0.4, -0.2) is 63.1 Å². The normalized spacial score (nSPS) is 12.0. The van der Waals surface area contributed by atoms with Gasteiger partial charge in [0.25, 0.3) is 0 Å². The van der Waals surface area contributed by atoms with E-state index in [9.17, 15) is 14.4 Å². The molecule has 262 valence electrons. The standard InChI is InChI=1S/C40H47N5O5/c1-4-36(30-9-6-5-7-10-30)38(31-14-20-34(21-15-31)49-26-25-45(2)3)32-16-22-35(23-17-32)50-27-29-12-18-33(19-13-29)44-39(47)37(43-28-46)11-8-24-42-40(41)48/h5-7,9-10,12-23,28,37H,4,8,11,24-27H2,1-3H3,(H,43,46)(H,44,47)(H3,41,42,48)/b38-36+/t37-/m0/s1. The van der Waals surface area contributed by atoms with Gasteiger partial charge in [0.05, 0.1) is 0 Å². The molecule has 4 aromatic carbocycles. The van der Waals surface area contributed by atoms with Gasteiger partial charge in [0.1, 0.15) is 30.8 Å². The summed E-state index contributed by atoms with van der Waals surface area (Å²) in [5, 5.41) is 7.82. The lowest BCUT2D eigenvalue weighted by molar-refractivity contribution is -0.121. The lowest BCUT2D eigenvalue weighted by Gasteiger charge is -2.18. The maximum atomic E-state index is 12.7. The quantitative estimate of drug-likeness (QED) is 0.0540. The van der Waals surface area contributed by atoms with Crippen molar-refractivity contribution in [2.75, 3.05) is 39.1 Å². The van der Waals surface area contributed by atoms with Crippen LogP contribution in [0.5, 0.6) is 11.5 Å². The van der Waals surface area contributed by atoms with E-state index in [2.05, 4.69) is 76.3 Å². The third kappa shape index (κ3) is 11.5. The molecule has 0 saturated heterocycles. The summed E-state index contributed by atoms with van der Waals surface area (Å²) in [4.78, 5) is 36.7. The number of nitrogens with zero attached hydrogens (tertiary/aromatic N) is 1. The van der Waals surface area contributed by atoms with Gasteiger partial charge in [0, 0.05) is 18.8 Å². The second kappa shape index (κ2) is 19.4. The van der Waals surface area contributed by atoms with Crippen molar-refractivity contribution in [3.63, 3.8) is 0 Å². The average Bonchev–Trinajstić information content (AvgIpc) is 3.12. The van der Waals surface area contributed by atoms with Gasteiger partial charge in [-0.3, -0.25) is 9.59 Å². The molecule has 0 aromatic heterocycles. The van der Waals surface area contributed by atoms with E-state index in [0.717, 1.165) is 46.7 Å². The van der Waals surface area contributed by atoms with Crippen molar-refractivity contribution in [1.82, 2.24) is 15.5 Å². The van der Waals surface area contributed by atoms with Crippen molar-refractivity contribution in [2.45, 2.75) is 38.8 Å². The highest BCUT2D eigenvalue weighted by molar-refractivity contribution is 5.98. The van der Waals surface area contributed by atoms with Crippen LogP contribution in [0, 0.1) is 0 Å². The Bertz CT molecular complexity index is 1690. The van der Waals surface area contributed by atoms with E-state index in [1.54, 1.807) is 12.1 Å². The Balaban J connectivity index is 1.42. The molecule has 0 unspecified atom stereocenters. The number of nitrogens with one attached hydrogen (secondary N) is 3. The van der Waals surface area contributed by atoms with Crippen molar-refractivity contribution in [2.24, 2.45) is 5.73 Å². The number of nitrogens with two attached hydrogens (primary N) is 1. The first-order valence-electron chi connectivity index (χ1n) is 16.8. The van der Waals surface area contributed by atoms with Gasteiger partial charge in [0.2, 0.25) is 12.3 Å². The van der Waals surface area contributed by atoms with E-state index in [4.69, 9.17) is 15.2 Å². The molecular weight excluding hydrogens is 630 g/mol. The molecule has 0 aliphatic heterocycles. The molecule has 50 heavy (non-hydrogen) atoms. The summed E-state index contributed by atoms with van der Waals surface area (Å²) in [5.41, 5.74) is 12.4. The predicted octanol–water partition coefficient (Wildman–Crippen LogP) is 6.08. The Hall–Kier alpha value is -5.61. The molecule has 0 heterocycles. The second-order valence-electron chi connectivity index (χ2n) is 12.0. The highest BCUT2D eigenvalue weighted by atomic mass is 16.5. The van der Waals surface area contributed by atoms with Gasteiger partial charge in [0.15, 0.2) is 0 Å². The number of anilines is 1. The predicted molar refractivity (Wildman–Crippen MR) is 199 cm³/mol. The third-order valence-corrected chi connectivity index (χ3v) is 8.05. The lowest BCUT2D eigenvalue weighted by Crippen LogP contribution is -2.40. The number of ether oxygens (including phenoxy) is 2. The lowest BCUT2D eigenvalue weighted by atomic mass is 9.88. The van der Waals surface area contributed by atoms with Crippen molar-refractivity contribution in [3.8, 4) is 11.5 Å². The van der Waals surface area contributed by atoms with E-state index in [1.807, 2.05) is 56.6 Å². The van der Waals surface area contributed by atoms with E-state index in [-0.39, 0.29) is 5.91 Å². The molecule has 4 rings (SSSR count). The maximum absolute atomic E-state index is 12.7. The zero-order valence-corrected chi connectivity index (χ0v) is 29.0. The summed E-state index contributed by atoms with van der Waals surface area (Å²) >= 11 is 0. The first kappa shape index (κ1) is 37.2. The Morgan fingerprint density at radius 1 is 0.820 bits per heavy atom. The Morgan fingerprint density at radius 2 is 1.44 bits per heavy atom. The number of allylic oxidation sites excluding steroid dienone is 1. The topological polar surface area (TPSA) is 135 Å². The second-order valence-corrected chi connectivity index (χ2v) is 12.0. The summed E-state index contributed by atoms with van der Waals surface area (Å²) in [7, 11) is 4.06. The van der Waals surface area contributed by atoms with Crippen molar-refractivity contribution in [3.05, 3.63) is 125 Å². The molecule has 10 heteroatoms. The zero-order chi connectivity index (χ0) is 35.7. The summed E-state index contributed by atoms with van der Waals surface area (Å²) < 4.78 is 12.1. The first-order valence-corrected chi connectivity index (χ1v) is 16.8. The monoisotopic (exact) mass is 677 g/mol. The van der Waals surface area contributed by atoms with Crippen LogP contribution in [0.3, 0.4) is 0 Å². The number of hydrogen-bond donors (Lipinski definition) is 4. The number of amides is 4. The molecule has 0 saturated carbocycles. The molecular formula is C40H47N5O5. The van der Waals surface area contributed by atoms with Crippen LogP contribution in [-0.2, 0) is 16.2 Å². The molecule has 10 nitrogen and oxygen atoms in total. The molecule has 0 radical (unpaired) electrons. The van der Waals surface area contributed by atoms with Crippen LogP contribution in [0.2, 0.25) is 0 Å². The van der Waals surface area contributed by atoms with E-state index in [0.29, 0.717) is 44.7 Å². The SMILES string of the molecule is CC/C(=C(/c1ccc(OCCN(C)C)cc1)c1ccc(OCc2ccc(NC(=O)[C@H](CCCNC(N)=O)NC=O)cc2)cc1)c1ccccc1. The van der Waals surface area contributed by atoms with Crippen LogP contribution < -0.4 is 31.2 Å². The van der Waals surface area contributed by atoms with Crippen molar-refractivity contribution in [1.29, 1.82) is 0 Å². The number of carbonyl (C=O) groups excluding carboxylic acids is 3. The number of benzene rings is 4. The summed E-state index contributed by atoms with van der Waals surface area (Å²) in [5.74, 6) is 1.23. The van der Waals surface area contributed by atoms with Crippen LogP contribution in [0.15, 0.2) is 103 Å². The van der Waals surface area contributed by atoms with Gasteiger partial charge < -0.3 is 36.1 Å². The van der Waals surface area contributed by atoms with Crippen molar-refractivity contribution < 1.29 is 23.9 Å². The number of likely N-dealkylation sites (N-methyl/N-ethyl adjacent to an activating group) is 1. The summed E-state index contributed by atoms with van der Waals surface area (Å²) in [6, 6.07) is 32.9. The van der Waals surface area contributed by atoms with E-state index >= 15 is 0 Å². The smallest absolute Gasteiger partial charge is 0.312 e. The van der Waals surface area contributed by atoms with Crippen molar-refractivity contribution >= 4 is 35.2 Å². The van der Waals surface area contributed by atoms with Crippen LogP contribution >= 0.6 is 0 Å². The van der Waals surface area contributed by atoms with Crippen LogP contribution in [0.4, 0.5) is 10.5 Å². The number of primary amides is 1. The minimum atomic E-state index is -0.740. The fourth-order valence-corrected chi connectivity index (χ4v) is 5.43. The molecule has 0 spiro atoms. The van der Waals surface area contributed by atoms with Gasteiger partial charge in [-0.05, 0) is 103 Å². The third-order valence-electron chi connectivity index (χ3n) is 8.05. The molecule has 0 aliphatic carbocycles. The Morgan fingerprint density at radius 3 is 2.00 bits per heavy atom.